The Morgan fingerprint density at radius 1 is 1.00 bits per heavy atom. The van der Waals surface area contributed by atoms with Gasteiger partial charge in [-0.15, -0.1) is 0 Å². The summed E-state index contributed by atoms with van der Waals surface area (Å²) in [5, 5.41) is 3.62. The largest absolute Gasteiger partial charge is 0.364 e. The third-order valence-electron chi connectivity index (χ3n) is 6.98. The zero-order valence-corrected chi connectivity index (χ0v) is 12.3. The summed E-state index contributed by atoms with van der Waals surface area (Å²) in [6.45, 7) is 2.24. The molecule has 4 bridgehead atoms. The van der Waals surface area contributed by atoms with Crippen LogP contribution in [0.1, 0.15) is 55.7 Å². The monoisotopic (exact) mass is 270 g/mol. The van der Waals surface area contributed by atoms with Crippen LogP contribution < -0.4 is 5.32 Å². The van der Waals surface area contributed by atoms with Crippen LogP contribution in [0.4, 0.5) is 0 Å². The first-order valence-corrected chi connectivity index (χ1v) is 8.73. The van der Waals surface area contributed by atoms with Crippen LogP contribution in [0.2, 0.25) is 0 Å². The second kappa shape index (κ2) is 4.37. The maximum atomic E-state index is 3.62. The van der Waals surface area contributed by atoms with Crippen LogP contribution in [0.5, 0.6) is 0 Å². The maximum absolute atomic E-state index is 3.62. The summed E-state index contributed by atoms with van der Waals surface area (Å²) < 4.78 is 0. The summed E-state index contributed by atoms with van der Waals surface area (Å²) in [5.41, 5.74) is 3.07. The molecular formula is C18H26N2. The summed E-state index contributed by atoms with van der Waals surface area (Å²) >= 11 is 0. The fraction of sp³-hybridized carbons (Fsp3) is 0.778. The minimum absolute atomic E-state index is 0.771. The van der Waals surface area contributed by atoms with Crippen molar-refractivity contribution >= 4 is 0 Å². The Balaban J connectivity index is 1.38. The van der Waals surface area contributed by atoms with Gasteiger partial charge in [0, 0.05) is 25.0 Å². The lowest BCUT2D eigenvalue weighted by atomic mass is 9.50. The number of hydrogen-bond acceptors (Lipinski definition) is 1. The molecule has 4 fully saturated rings. The van der Waals surface area contributed by atoms with Crippen LogP contribution in [0.25, 0.3) is 0 Å². The zero-order chi connectivity index (χ0) is 13.1. The molecule has 2 heterocycles. The normalized spacial score (nSPS) is 45.6. The van der Waals surface area contributed by atoms with Gasteiger partial charge < -0.3 is 10.3 Å². The molecule has 0 radical (unpaired) electrons. The van der Waals surface area contributed by atoms with Crippen molar-refractivity contribution in [1.29, 1.82) is 0 Å². The minimum Gasteiger partial charge on any atom is -0.364 e. The van der Waals surface area contributed by atoms with Gasteiger partial charge in [-0.3, -0.25) is 0 Å². The Morgan fingerprint density at radius 3 is 2.50 bits per heavy atom. The van der Waals surface area contributed by atoms with Crippen molar-refractivity contribution in [1.82, 2.24) is 10.3 Å². The van der Waals surface area contributed by atoms with Crippen LogP contribution in [0.3, 0.4) is 0 Å². The van der Waals surface area contributed by atoms with E-state index in [1.165, 1.54) is 18.7 Å². The second-order valence-electron chi connectivity index (χ2n) is 8.07. The molecular weight excluding hydrogens is 244 g/mol. The van der Waals surface area contributed by atoms with Crippen LogP contribution >= 0.6 is 0 Å². The van der Waals surface area contributed by atoms with Gasteiger partial charge in [0.2, 0.25) is 0 Å². The van der Waals surface area contributed by atoms with E-state index in [0.717, 1.165) is 42.1 Å². The van der Waals surface area contributed by atoms with E-state index in [2.05, 4.69) is 22.6 Å². The second-order valence-corrected chi connectivity index (χ2v) is 8.07. The summed E-state index contributed by atoms with van der Waals surface area (Å²) in [6, 6.07) is 2.34. The van der Waals surface area contributed by atoms with E-state index < -0.39 is 0 Å². The van der Waals surface area contributed by atoms with Crippen molar-refractivity contribution in [3.8, 4) is 0 Å². The average molecular weight is 270 g/mol. The molecule has 1 aromatic rings. The first kappa shape index (κ1) is 11.9. The summed E-state index contributed by atoms with van der Waals surface area (Å²) in [6.07, 6.45) is 11.4. The Bertz CT molecular complexity index is 475. The van der Waals surface area contributed by atoms with E-state index in [9.17, 15) is 0 Å². The van der Waals surface area contributed by atoms with Crippen molar-refractivity contribution in [2.45, 2.75) is 51.0 Å². The third-order valence-corrected chi connectivity index (χ3v) is 6.98. The first-order valence-electron chi connectivity index (χ1n) is 8.73. The maximum Gasteiger partial charge on any atom is 0.0360 e. The Morgan fingerprint density at radius 2 is 1.75 bits per heavy atom. The smallest absolute Gasteiger partial charge is 0.0360 e. The highest BCUT2D eigenvalue weighted by atomic mass is 14.9. The van der Waals surface area contributed by atoms with Crippen LogP contribution in [0.15, 0.2) is 12.3 Å². The van der Waals surface area contributed by atoms with Gasteiger partial charge in [-0.2, -0.15) is 0 Å². The lowest BCUT2D eigenvalue weighted by molar-refractivity contribution is -0.0424. The molecule has 108 valence electrons. The molecule has 1 aliphatic heterocycles. The number of nitrogens with one attached hydrogen (secondary N) is 2. The van der Waals surface area contributed by atoms with Gasteiger partial charge >= 0.3 is 0 Å². The van der Waals surface area contributed by atoms with Gasteiger partial charge in [0.25, 0.3) is 0 Å². The van der Waals surface area contributed by atoms with E-state index in [0.29, 0.717) is 0 Å². The topological polar surface area (TPSA) is 27.8 Å². The number of aromatic nitrogens is 1. The van der Waals surface area contributed by atoms with Crippen molar-refractivity contribution in [2.24, 2.45) is 29.6 Å². The molecule has 0 spiro atoms. The van der Waals surface area contributed by atoms with Gasteiger partial charge in [-0.25, -0.2) is 0 Å². The van der Waals surface area contributed by atoms with Crippen LogP contribution in [0, 0.1) is 29.6 Å². The molecule has 20 heavy (non-hydrogen) atoms. The summed E-state index contributed by atoms with van der Waals surface area (Å²) in [5.74, 6) is 6.19. The zero-order valence-electron chi connectivity index (χ0n) is 12.3. The first-order chi connectivity index (χ1) is 9.87. The van der Waals surface area contributed by atoms with Gasteiger partial charge in [0.05, 0.1) is 0 Å². The Hall–Kier alpha value is -0.760. The van der Waals surface area contributed by atoms with E-state index in [-0.39, 0.29) is 0 Å². The van der Waals surface area contributed by atoms with Crippen molar-refractivity contribution in [2.75, 3.05) is 6.54 Å². The predicted molar refractivity (Wildman–Crippen MR) is 80.4 cm³/mol. The SMILES string of the molecule is c1cc2c([nH]1)CNCC2CC1C2CC3CC(C2)CC1C3. The van der Waals surface area contributed by atoms with Gasteiger partial charge in [0.15, 0.2) is 0 Å². The molecule has 6 rings (SSSR count). The van der Waals surface area contributed by atoms with Gasteiger partial charge in [-0.05, 0) is 85.7 Å². The van der Waals surface area contributed by atoms with E-state index in [4.69, 9.17) is 0 Å². The third kappa shape index (κ3) is 1.73. The van der Waals surface area contributed by atoms with E-state index >= 15 is 0 Å². The molecule has 1 unspecified atom stereocenters. The highest BCUT2D eigenvalue weighted by molar-refractivity contribution is 5.28. The molecule has 5 aliphatic rings. The Labute approximate surface area is 121 Å². The van der Waals surface area contributed by atoms with Crippen molar-refractivity contribution in [3.05, 3.63) is 23.5 Å². The molecule has 2 N–H and O–H groups in total. The highest BCUT2D eigenvalue weighted by Crippen LogP contribution is 2.58. The Kier molecular flexibility index (Phi) is 2.59. The molecule has 1 atom stereocenters. The van der Waals surface area contributed by atoms with Crippen molar-refractivity contribution in [3.63, 3.8) is 0 Å². The lowest BCUT2D eigenvalue weighted by Gasteiger charge is -2.55. The molecule has 1 aromatic heterocycles. The van der Waals surface area contributed by atoms with Crippen LogP contribution in [-0.4, -0.2) is 11.5 Å². The fourth-order valence-electron chi connectivity index (χ4n) is 6.39. The van der Waals surface area contributed by atoms with Gasteiger partial charge in [0.1, 0.15) is 0 Å². The molecule has 4 aliphatic carbocycles. The predicted octanol–water partition coefficient (Wildman–Crippen LogP) is 3.66. The van der Waals surface area contributed by atoms with E-state index in [1.807, 2.05) is 0 Å². The molecule has 0 amide bonds. The number of hydrogen-bond donors (Lipinski definition) is 2. The van der Waals surface area contributed by atoms with E-state index in [1.54, 1.807) is 37.7 Å². The summed E-state index contributed by atoms with van der Waals surface area (Å²) in [7, 11) is 0. The highest BCUT2D eigenvalue weighted by Gasteiger charge is 2.48. The number of aromatic amines is 1. The molecule has 0 aromatic carbocycles. The quantitative estimate of drug-likeness (QED) is 0.843. The standard InChI is InChI=1S/C18H26N2/c1-2-20-18-10-19-9-15(16(1)18)8-17-13-4-11-3-12(6-13)7-14(17)5-11/h1-2,11-15,17,19-20H,3-10H2. The fourth-order valence-corrected chi connectivity index (χ4v) is 6.39. The lowest BCUT2D eigenvalue weighted by Crippen LogP contribution is -2.46. The number of fused-ring (bicyclic) bond motifs is 1. The molecule has 4 saturated carbocycles. The average Bonchev–Trinajstić information content (AvgIpc) is 2.91. The molecule has 2 heteroatoms. The van der Waals surface area contributed by atoms with Crippen LogP contribution in [-0.2, 0) is 6.54 Å². The minimum atomic E-state index is 0.771. The summed E-state index contributed by atoms with van der Waals surface area (Å²) in [4.78, 5) is 3.43. The van der Waals surface area contributed by atoms with Gasteiger partial charge in [-0.1, -0.05) is 0 Å². The number of H-pyrrole nitrogens is 1. The van der Waals surface area contributed by atoms with Crippen molar-refractivity contribution < 1.29 is 0 Å². The molecule has 2 nitrogen and oxygen atoms in total. The molecule has 0 saturated heterocycles. The number of rotatable bonds is 2.